The van der Waals surface area contributed by atoms with Gasteiger partial charge < -0.3 is 5.32 Å². The van der Waals surface area contributed by atoms with E-state index in [4.69, 9.17) is 0 Å². The Labute approximate surface area is 242 Å². The minimum Gasteiger partial charge on any atom is -0.322 e. The zero-order valence-corrected chi connectivity index (χ0v) is 24.1. The molecule has 1 aliphatic rings. The van der Waals surface area contributed by atoms with E-state index in [1.54, 1.807) is 48.5 Å². The molecule has 0 radical (unpaired) electrons. The summed E-state index contributed by atoms with van der Waals surface area (Å²) in [6.07, 6.45) is 8.99. The highest BCUT2D eigenvalue weighted by Gasteiger charge is 2.28. The number of imide groups is 1. The molecule has 0 spiro atoms. The van der Waals surface area contributed by atoms with Crippen molar-refractivity contribution < 1.29 is 22.8 Å². The predicted octanol–water partition coefficient (Wildman–Crippen LogP) is 6.16. The van der Waals surface area contributed by atoms with Crippen LogP contribution in [0.4, 0.5) is 11.4 Å². The molecule has 0 saturated carbocycles. The van der Waals surface area contributed by atoms with Gasteiger partial charge in [0.1, 0.15) is 0 Å². The van der Waals surface area contributed by atoms with Crippen molar-refractivity contribution in [1.29, 1.82) is 0 Å². The van der Waals surface area contributed by atoms with E-state index in [1.807, 2.05) is 12.1 Å². The fourth-order valence-electron chi connectivity index (χ4n) is 4.92. The first kappa shape index (κ1) is 30.0. The van der Waals surface area contributed by atoms with Crippen LogP contribution in [0.5, 0.6) is 0 Å². The minimum absolute atomic E-state index is 0.0176. The van der Waals surface area contributed by atoms with Gasteiger partial charge >= 0.3 is 0 Å². The van der Waals surface area contributed by atoms with Crippen LogP contribution in [0, 0.1) is 0 Å². The van der Waals surface area contributed by atoms with Crippen molar-refractivity contribution in [3.05, 3.63) is 89.5 Å². The van der Waals surface area contributed by atoms with Crippen molar-refractivity contribution in [2.45, 2.75) is 75.5 Å². The molecule has 1 fully saturated rings. The number of nitrogens with one attached hydrogen (secondary N) is 3. The van der Waals surface area contributed by atoms with Crippen molar-refractivity contribution in [3.63, 3.8) is 0 Å². The van der Waals surface area contributed by atoms with Gasteiger partial charge in [0.15, 0.2) is 0 Å². The first-order valence-electron chi connectivity index (χ1n) is 14.2. The minimum atomic E-state index is -3.98. The third-order valence-corrected chi connectivity index (χ3v) is 8.60. The lowest BCUT2D eigenvalue weighted by molar-refractivity contribution is -0.134. The van der Waals surface area contributed by atoms with Crippen LogP contribution < -0.4 is 15.4 Å². The first-order chi connectivity index (χ1) is 19.7. The third-order valence-electron chi connectivity index (χ3n) is 7.22. The number of hydrogen-bond donors (Lipinski definition) is 3. The van der Waals surface area contributed by atoms with Gasteiger partial charge in [0.05, 0.1) is 10.8 Å². The Bertz CT molecular complexity index is 1490. The molecule has 3 aromatic carbocycles. The molecule has 0 bridgehead atoms. The zero-order chi connectivity index (χ0) is 29.2. The zero-order valence-electron chi connectivity index (χ0n) is 23.3. The summed E-state index contributed by atoms with van der Waals surface area (Å²) >= 11 is 0. The summed E-state index contributed by atoms with van der Waals surface area (Å²) in [5.41, 5.74) is 2.95. The summed E-state index contributed by atoms with van der Waals surface area (Å²) in [7, 11) is -3.98. The molecule has 3 amide bonds. The molecule has 1 saturated heterocycles. The molecule has 8 nitrogen and oxygen atoms in total. The normalized spacial score (nSPS) is 15.3. The van der Waals surface area contributed by atoms with Gasteiger partial charge in [0, 0.05) is 23.4 Å². The Kier molecular flexibility index (Phi) is 10.3. The molecular formula is C32H37N3O5S. The number of hydrogen-bond acceptors (Lipinski definition) is 5. The Balaban J connectivity index is 1.36. The number of anilines is 2. The van der Waals surface area contributed by atoms with E-state index in [9.17, 15) is 22.8 Å². The molecule has 9 heteroatoms. The van der Waals surface area contributed by atoms with Crippen LogP contribution in [0.1, 0.15) is 85.7 Å². The summed E-state index contributed by atoms with van der Waals surface area (Å²) in [6, 6.07) is 20.1. The highest BCUT2D eigenvalue weighted by atomic mass is 32.2. The maximum absolute atomic E-state index is 13.2. The Morgan fingerprint density at radius 1 is 0.878 bits per heavy atom. The fourth-order valence-corrected chi connectivity index (χ4v) is 6.02. The molecule has 3 N–H and O–H groups in total. The summed E-state index contributed by atoms with van der Waals surface area (Å²) in [6.45, 7) is 2.21. The van der Waals surface area contributed by atoms with Gasteiger partial charge in [-0.2, -0.15) is 0 Å². The van der Waals surface area contributed by atoms with Crippen molar-refractivity contribution in [2.75, 3.05) is 10.0 Å². The summed E-state index contributed by atoms with van der Waals surface area (Å²) < 4.78 is 28.9. The standard InChI is InChI=1S/C32H37N3O5S/c1-2-3-4-5-6-7-10-23-15-17-24(18-16-23)31(37)33-26-12-9-14-28(22-26)41(39,40)35-27-13-8-11-25(21-27)29-19-20-30(36)34-32(29)38/h8-9,11-18,21-22,29,35H,2-7,10,19-20H2,1H3,(H,33,37)(H,34,36,38). The van der Waals surface area contributed by atoms with Crippen molar-refractivity contribution in [3.8, 4) is 0 Å². The molecule has 3 aromatic rings. The van der Waals surface area contributed by atoms with Gasteiger partial charge in [0.2, 0.25) is 11.8 Å². The quantitative estimate of drug-likeness (QED) is 0.166. The predicted molar refractivity (Wildman–Crippen MR) is 160 cm³/mol. The van der Waals surface area contributed by atoms with Crippen molar-refractivity contribution >= 4 is 39.1 Å². The summed E-state index contributed by atoms with van der Waals surface area (Å²) in [5.74, 6) is -1.55. The molecular weight excluding hydrogens is 538 g/mol. The highest BCUT2D eigenvalue weighted by Crippen LogP contribution is 2.28. The lowest BCUT2D eigenvalue weighted by Crippen LogP contribution is -2.39. The maximum Gasteiger partial charge on any atom is 0.261 e. The molecule has 1 aliphatic heterocycles. The topological polar surface area (TPSA) is 121 Å². The Morgan fingerprint density at radius 2 is 1.59 bits per heavy atom. The second-order valence-electron chi connectivity index (χ2n) is 10.4. The number of piperidine rings is 1. The molecule has 1 heterocycles. The number of sulfonamides is 1. The molecule has 4 rings (SSSR count). The van der Waals surface area contributed by atoms with Crippen LogP contribution in [0.15, 0.2) is 77.7 Å². The number of carbonyl (C=O) groups excluding carboxylic acids is 3. The Hall–Kier alpha value is -3.98. The molecule has 1 unspecified atom stereocenters. The average molecular weight is 576 g/mol. The van der Waals surface area contributed by atoms with Crippen LogP contribution in [0.2, 0.25) is 0 Å². The second-order valence-corrected chi connectivity index (χ2v) is 12.1. The third kappa shape index (κ3) is 8.50. The number of carbonyl (C=O) groups is 3. The van der Waals surface area contributed by atoms with E-state index in [1.165, 1.54) is 49.8 Å². The van der Waals surface area contributed by atoms with Gasteiger partial charge in [-0.1, -0.05) is 69.4 Å². The number of amides is 3. The average Bonchev–Trinajstić information content (AvgIpc) is 2.95. The molecule has 41 heavy (non-hydrogen) atoms. The number of benzene rings is 3. The molecule has 216 valence electrons. The van der Waals surface area contributed by atoms with Gasteiger partial charge in [0.25, 0.3) is 15.9 Å². The van der Waals surface area contributed by atoms with Crippen LogP contribution in [-0.2, 0) is 26.0 Å². The highest BCUT2D eigenvalue weighted by molar-refractivity contribution is 7.92. The van der Waals surface area contributed by atoms with Crippen LogP contribution in [-0.4, -0.2) is 26.1 Å². The van der Waals surface area contributed by atoms with Crippen molar-refractivity contribution in [2.24, 2.45) is 0 Å². The summed E-state index contributed by atoms with van der Waals surface area (Å²) in [4.78, 5) is 36.5. The van der Waals surface area contributed by atoms with Gasteiger partial charge in [-0.25, -0.2) is 8.42 Å². The Morgan fingerprint density at radius 3 is 2.34 bits per heavy atom. The van der Waals surface area contributed by atoms with Crippen LogP contribution in [0.25, 0.3) is 0 Å². The van der Waals surface area contributed by atoms with Crippen LogP contribution in [0.3, 0.4) is 0 Å². The van der Waals surface area contributed by atoms with Gasteiger partial charge in [-0.3, -0.25) is 24.4 Å². The molecule has 0 aromatic heterocycles. The lowest BCUT2D eigenvalue weighted by Gasteiger charge is -2.21. The fraction of sp³-hybridized carbons (Fsp3) is 0.344. The summed E-state index contributed by atoms with van der Waals surface area (Å²) in [5, 5.41) is 5.11. The van der Waals surface area contributed by atoms with E-state index in [0.717, 1.165) is 12.8 Å². The number of unbranched alkanes of at least 4 members (excludes halogenated alkanes) is 5. The van der Waals surface area contributed by atoms with E-state index in [-0.39, 0.29) is 23.1 Å². The first-order valence-corrected chi connectivity index (χ1v) is 15.7. The molecule has 1 atom stereocenters. The second kappa shape index (κ2) is 14.1. The maximum atomic E-state index is 13.2. The number of rotatable bonds is 13. The SMILES string of the molecule is CCCCCCCCc1ccc(C(=O)Nc2cccc(S(=O)(=O)Nc3cccc(C4CCC(=O)NC4=O)c3)c2)cc1. The van der Waals surface area contributed by atoms with Crippen LogP contribution >= 0.6 is 0 Å². The van der Waals surface area contributed by atoms with E-state index >= 15 is 0 Å². The largest absolute Gasteiger partial charge is 0.322 e. The smallest absolute Gasteiger partial charge is 0.261 e. The van der Waals surface area contributed by atoms with Gasteiger partial charge in [-0.15, -0.1) is 0 Å². The van der Waals surface area contributed by atoms with Crippen molar-refractivity contribution in [1.82, 2.24) is 5.32 Å². The number of aryl methyl sites for hydroxylation is 1. The lowest BCUT2D eigenvalue weighted by atomic mass is 9.90. The van der Waals surface area contributed by atoms with E-state index < -0.39 is 21.8 Å². The van der Waals surface area contributed by atoms with E-state index in [2.05, 4.69) is 22.3 Å². The van der Waals surface area contributed by atoms with Gasteiger partial charge in [-0.05, 0) is 72.9 Å². The monoisotopic (exact) mass is 575 g/mol. The molecule has 0 aliphatic carbocycles. The van der Waals surface area contributed by atoms with E-state index in [0.29, 0.717) is 28.9 Å².